The van der Waals surface area contributed by atoms with Crippen LogP contribution in [0.2, 0.25) is 0 Å². The number of nitrogens with two attached hydrogens (primary N) is 1. The number of nitrogens with zero attached hydrogens (tertiary/aromatic N) is 4. The molecule has 1 aliphatic rings. The first-order chi connectivity index (χ1) is 8.82. The number of nitrogen functional groups attached to an aromatic ring is 1. The summed E-state index contributed by atoms with van der Waals surface area (Å²) in [5.41, 5.74) is 5.25. The van der Waals surface area contributed by atoms with Crippen LogP contribution in [-0.2, 0) is 12.1 Å². The molecule has 0 bridgehead atoms. The quantitative estimate of drug-likeness (QED) is 0.912. The molecule has 2 heterocycles. The summed E-state index contributed by atoms with van der Waals surface area (Å²) in [6.45, 7) is 4.02. The number of rotatable bonds is 2. The summed E-state index contributed by atoms with van der Waals surface area (Å²) in [6.07, 6.45) is -4.24. The largest absolute Gasteiger partial charge is 0.412 e. The zero-order chi connectivity index (χ0) is 14.0. The van der Waals surface area contributed by atoms with Crippen molar-refractivity contribution in [2.45, 2.75) is 44.9 Å². The molecule has 0 aliphatic heterocycles. The summed E-state index contributed by atoms with van der Waals surface area (Å²) in [5, 5.41) is 4.20. The van der Waals surface area contributed by atoms with Crippen LogP contribution in [0.4, 0.5) is 19.1 Å². The molecule has 0 radical (unpaired) electrons. The number of aryl methyl sites for hydroxylation is 2. The molecule has 104 valence electrons. The molecule has 8 heteroatoms. The number of alkyl halides is 3. The average Bonchev–Trinajstić information content (AvgIpc) is 2.97. The SMILES string of the molecule is CCn1nc(C)c2nc(N)n(C3(C(F)(F)F)CC3)c21. The van der Waals surface area contributed by atoms with Crippen LogP contribution in [0.15, 0.2) is 0 Å². The van der Waals surface area contributed by atoms with Gasteiger partial charge in [-0.25, -0.2) is 9.67 Å². The molecule has 2 N–H and O–H groups in total. The first kappa shape index (κ1) is 12.3. The zero-order valence-electron chi connectivity index (χ0n) is 10.6. The highest BCUT2D eigenvalue weighted by molar-refractivity contribution is 5.78. The van der Waals surface area contributed by atoms with E-state index in [0.717, 1.165) is 4.57 Å². The summed E-state index contributed by atoms with van der Waals surface area (Å²) in [7, 11) is 0. The second-order valence-corrected chi connectivity index (χ2v) is 4.91. The number of halogens is 3. The van der Waals surface area contributed by atoms with Gasteiger partial charge in [-0.1, -0.05) is 0 Å². The number of fused-ring (bicyclic) bond motifs is 1. The highest BCUT2D eigenvalue weighted by Crippen LogP contribution is 2.57. The predicted octanol–water partition coefficient (Wildman–Crippen LogP) is 2.19. The van der Waals surface area contributed by atoms with Gasteiger partial charge in [0.05, 0.1) is 5.69 Å². The van der Waals surface area contributed by atoms with E-state index in [1.54, 1.807) is 6.92 Å². The topological polar surface area (TPSA) is 61.7 Å². The Morgan fingerprint density at radius 3 is 2.47 bits per heavy atom. The fraction of sp³-hybridized carbons (Fsp3) is 0.636. The van der Waals surface area contributed by atoms with Crippen LogP contribution >= 0.6 is 0 Å². The third kappa shape index (κ3) is 1.42. The Bertz CT molecular complexity index is 647. The predicted molar refractivity (Wildman–Crippen MR) is 63.6 cm³/mol. The Balaban J connectivity index is 2.33. The van der Waals surface area contributed by atoms with Crippen molar-refractivity contribution in [2.75, 3.05) is 5.73 Å². The Morgan fingerprint density at radius 1 is 1.37 bits per heavy atom. The minimum atomic E-state index is -4.33. The van der Waals surface area contributed by atoms with Gasteiger partial charge in [-0.2, -0.15) is 18.3 Å². The van der Waals surface area contributed by atoms with E-state index in [1.165, 1.54) is 4.68 Å². The third-order valence-corrected chi connectivity index (χ3v) is 3.72. The molecule has 2 aromatic rings. The van der Waals surface area contributed by atoms with Crippen LogP contribution in [-0.4, -0.2) is 25.5 Å². The molecule has 0 saturated heterocycles. The monoisotopic (exact) mass is 273 g/mol. The Hall–Kier alpha value is -1.73. The lowest BCUT2D eigenvalue weighted by molar-refractivity contribution is -0.178. The van der Waals surface area contributed by atoms with Gasteiger partial charge < -0.3 is 5.73 Å². The highest BCUT2D eigenvalue weighted by atomic mass is 19.4. The van der Waals surface area contributed by atoms with Gasteiger partial charge in [0.15, 0.2) is 5.65 Å². The molecule has 0 amide bonds. The van der Waals surface area contributed by atoms with Crippen molar-refractivity contribution in [3.8, 4) is 0 Å². The van der Waals surface area contributed by atoms with Crippen LogP contribution in [0.25, 0.3) is 11.2 Å². The van der Waals surface area contributed by atoms with Gasteiger partial charge in [-0.15, -0.1) is 0 Å². The number of aromatic nitrogens is 4. The lowest BCUT2D eigenvalue weighted by Crippen LogP contribution is -2.36. The van der Waals surface area contributed by atoms with Crippen molar-refractivity contribution in [1.82, 2.24) is 19.3 Å². The fourth-order valence-electron chi connectivity index (χ4n) is 2.58. The molecule has 3 rings (SSSR count). The van der Waals surface area contributed by atoms with Gasteiger partial charge in [0.2, 0.25) is 5.95 Å². The van der Waals surface area contributed by atoms with Crippen LogP contribution in [0.1, 0.15) is 25.5 Å². The van der Waals surface area contributed by atoms with Gasteiger partial charge in [0, 0.05) is 6.54 Å². The van der Waals surface area contributed by atoms with Crippen LogP contribution in [0.5, 0.6) is 0 Å². The van der Waals surface area contributed by atoms with E-state index in [2.05, 4.69) is 10.1 Å². The second kappa shape index (κ2) is 3.43. The zero-order valence-corrected chi connectivity index (χ0v) is 10.6. The molecular weight excluding hydrogens is 259 g/mol. The molecule has 19 heavy (non-hydrogen) atoms. The van der Waals surface area contributed by atoms with Crippen molar-refractivity contribution >= 4 is 17.1 Å². The minimum Gasteiger partial charge on any atom is -0.369 e. The number of hydrogen-bond donors (Lipinski definition) is 1. The van der Waals surface area contributed by atoms with Gasteiger partial charge in [0.1, 0.15) is 11.1 Å². The van der Waals surface area contributed by atoms with E-state index in [9.17, 15) is 13.2 Å². The number of imidazole rings is 1. The summed E-state index contributed by atoms with van der Waals surface area (Å²) in [4.78, 5) is 4.06. The van der Waals surface area contributed by atoms with Crippen LogP contribution in [0.3, 0.4) is 0 Å². The minimum absolute atomic E-state index is 0.0418. The van der Waals surface area contributed by atoms with Crippen LogP contribution < -0.4 is 5.73 Å². The Labute approximate surface area is 107 Å². The molecule has 0 aromatic carbocycles. The highest BCUT2D eigenvalue weighted by Gasteiger charge is 2.66. The van der Waals surface area contributed by atoms with E-state index >= 15 is 0 Å². The van der Waals surface area contributed by atoms with E-state index < -0.39 is 11.7 Å². The van der Waals surface area contributed by atoms with Gasteiger partial charge >= 0.3 is 6.18 Å². The molecular formula is C11H14F3N5. The normalized spacial score (nSPS) is 18.2. The average molecular weight is 273 g/mol. The Kier molecular flexibility index (Phi) is 2.22. The van der Waals surface area contributed by atoms with E-state index in [4.69, 9.17) is 5.73 Å². The van der Waals surface area contributed by atoms with Gasteiger partial charge in [-0.05, 0) is 26.7 Å². The standard InChI is InChI=1S/C11H14F3N5/c1-3-18-8-7(6(2)17-18)16-9(15)19(8)10(4-5-10)11(12,13)14/h3-5H2,1-2H3,(H2,15,16). The van der Waals surface area contributed by atoms with Crippen molar-refractivity contribution in [1.29, 1.82) is 0 Å². The van der Waals surface area contributed by atoms with Crippen molar-refractivity contribution in [3.05, 3.63) is 5.69 Å². The van der Waals surface area contributed by atoms with Crippen LogP contribution in [0, 0.1) is 6.92 Å². The molecule has 1 fully saturated rings. The summed E-state index contributed by atoms with van der Waals surface area (Å²) >= 11 is 0. The number of hydrogen-bond acceptors (Lipinski definition) is 3. The first-order valence-corrected chi connectivity index (χ1v) is 6.10. The van der Waals surface area contributed by atoms with E-state index in [-0.39, 0.29) is 18.8 Å². The molecule has 0 spiro atoms. The summed E-state index contributed by atoms with van der Waals surface area (Å²) < 4.78 is 42.5. The lowest BCUT2D eigenvalue weighted by atomic mass is 10.2. The Morgan fingerprint density at radius 2 is 2.00 bits per heavy atom. The molecule has 0 unspecified atom stereocenters. The molecule has 2 aromatic heterocycles. The van der Waals surface area contributed by atoms with Crippen molar-refractivity contribution in [2.24, 2.45) is 0 Å². The van der Waals surface area contributed by atoms with Crippen molar-refractivity contribution < 1.29 is 13.2 Å². The number of anilines is 1. The summed E-state index contributed by atoms with van der Waals surface area (Å²) in [6, 6.07) is 0. The maximum Gasteiger partial charge on any atom is 0.412 e. The van der Waals surface area contributed by atoms with E-state index in [0.29, 0.717) is 23.4 Å². The van der Waals surface area contributed by atoms with Gasteiger partial charge in [0.25, 0.3) is 0 Å². The molecule has 1 saturated carbocycles. The fourth-order valence-corrected chi connectivity index (χ4v) is 2.58. The lowest BCUT2D eigenvalue weighted by Gasteiger charge is -2.22. The van der Waals surface area contributed by atoms with Gasteiger partial charge in [-0.3, -0.25) is 4.57 Å². The second-order valence-electron chi connectivity index (χ2n) is 4.91. The van der Waals surface area contributed by atoms with E-state index in [1.807, 2.05) is 6.92 Å². The molecule has 0 atom stereocenters. The molecule has 1 aliphatic carbocycles. The maximum absolute atomic E-state index is 13.3. The smallest absolute Gasteiger partial charge is 0.369 e. The van der Waals surface area contributed by atoms with Crippen molar-refractivity contribution in [3.63, 3.8) is 0 Å². The molecule has 5 nitrogen and oxygen atoms in total. The summed E-state index contributed by atoms with van der Waals surface area (Å²) in [5.74, 6) is -0.0903. The third-order valence-electron chi connectivity index (χ3n) is 3.72. The maximum atomic E-state index is 13.3. The first-order valence-electron chi connectivity index (χ1n) is 6.10.